The minimum Gasteiger partial charge on any atom is -0.396 e. The quantitative estimate of drug-likeness (QED) is 0.640. The van der Waals surface area contributed by atoms with Crippen LogP contribution in [0, 0.1) is 11.3 Å². The van der Waals surface area contributed by atoms with Crippen LogP contribution in [0.1, 0.15) is 52.4 Å². The third-order valence-corrected chi connectivity index (χ3v) is 4.21. The maximum Gasteiger partial charge on any atom is 0.0518 e. The van der Waals surface area contributed by atoms with Gasteiger partial charge in [0.1, 0.15) is 0 Å². The van der Waals surface area contributed by atoms with Crippen molar-refractivity contribution in [2.45, 2.75) is 58.4 Å². The summed E-state index contributed by atoms with van der Waals surface area (Å²) >= 11 is 0. The Kier molecular flexibility index (Phi) is 6.45. The van der Waals surface area contributed by atoms with Gasteiger partial charge < -0.3 is 15.5 Å². The van der Waals surface area contributed by atoms with Crippen molar-refractivity contribution in [1.29, 1.82) is 0 Å². The molecule has 1 fully saturated rings. The molecule has 0 aromatic carbocycles. The zero-order chi connectivity index (χ0) is 12.7. The second-order valence-corrected chi connectivity index (χ2v) is 5.92. The van der Waals surface area contributed by atoms with E-state index >= 15 is 0 Å². The average molecular weight is 243 g/mol. The number of hydrogen-bond acceptors (Lipinski definition) is 3. The fourth-order valence-electron chi connectivity index (χ4n) is 2.72. The highest BCUT2D eigenvalue weighted by molar-refractivity contribution is 4.82. The lowest BCUT2D eigenvalue weighted by Crippen LogP contribution is -2.45. The highest BCUT2D eigenvalue weighted by Gasteiger charge is 2.26. The lowest BCUT2D eigenvalue weighted by atomic mass is 9.82. The van der Waals surface area contributed by atoms with Crippen LogP contribution in [0.2, 0.25) is 0 Å². The van der Waals surface area contributed by atoms with E-state index in [1.54, 1.807) is 0 Å². The molecule has 1 aliphatic carbocycles. The summed E-state index contributed by atoms with van der Waals surface area (Å²) in [6.45, 7) is 4.93. The van der Waals surface area contributed by atoms with Crippen LogP contribution in [0.5, 0.6) is 0 Å². The summed E-state index contributed by atoms with van der Waals surface area (Å²) < 4.78 is 0. The van der Waals surface area contributed by atoms with Crippen LogP contribution >= 0.6 is 0 Å². The SMILES string of the molecule is CCC(NCC(C)(CO)CO)C1CCCCC1. The molecular formula is C14H29NO2. The third-order valence-electron chi connectivity index (χ3n) is 4.21. The molecule has 3 heteroatoms. The van der Waals surface area contributed by atoms with E-state index in [-0.39, 0.29) is 18.6 Å². The molecule has 17 heavy (non-hydrogen) atoms. The molecule has 0 aromatic rings. The average Bonchev–Trinajstić information content (AvgIpc) is 2.40. The first-order chi connectivity index (χ1) is 8.15. The number of aliphatic hydroxyl groups is 2. The second-order valence-electron chi connectivity index (χ2n) is 5.92. The van der Waals surface area contributed by atoms with Crippen molar-refractivity contribution >= 4 is 0 Å². The molecule has 0 radical (unpaired) electrons. The topological polar surface area (TPSA) is 52.5 Å². The van der Waals surface area contributed by atoms with Crippen LogP contribution in [0.15, 0.2) is 0 Å². The first-order valence-electron chi connectivity index (χ1n) is 7.10. The van der Waals surface area contributed by atoms with Gasteiger partial charge in [0.05, 0.1) is 13.2 Å². The summed E-state index contributed by atoms with van der Waals surface area (Å²) in [5, 5.41) is 22.1. The lowest BCUT2D eigenvalue weighted by Gasteiger charge is -2.34. The Morgan fingerprint density at radius 3 is 2.24 bits per heavy atom. The number of rotatable bonds is 7. The van der Waals surface area contributed by atoms with Gasteiger partial charge in [-0.05, 0) is 25.2 Å². The summed E-state index contributed by atoms with van der Waals surface area (Å²) in [4.78, 5) is 0. The molecular weight excluding hydrogens is 214 g/mol. The number of hydrogen-bond donors (Lipinski definition) is 3. The summed E-state index contributed by atoms with van der Waals surface area (Å²) in [6.07, 6.45) is 7.91. The van der Waals surface area contributed by atoms with Crippen LogP contribution in [0.25, 0.3) is 0 Å². The fraction of sp³-hybridized carbons (Fsp3) is 1.00. The van der Waals surface area contributed by atoms with Crippen molar-refractivity contribution < 1.29 is 10.2 Å². The Hall–Kier alpha value is -0.120. The van der Waals surface area contributed by atoms with Gasteiger partial charge in [-0.3, -0.25) is 0 Å². The van der Waals surface area contributed by atoms with E-state index in [0.717, 1.165) is 12.3 Å². The van der Waals surface area contributed by atoms with Crippen molar-refractivity contribution in [2.75, 3.05) is 19.8 Å². The molecule has 0 heterocycles. The van der Waals surface area contributed by atoms with Gasteiger partial charge >= 0.3 is 0 Å². The Morgan fingerprint density at radius 2 is 1.76 bits per heavy atom. The molecule has 3 N–H and O–H groups in total. The van der Waals surface area contributed by atoms with E-state index in [0.29, 0.717) is 12.6 Å². The third kappa shape index (κ3) is 4.57. The molecule has 102 valence electrons. The van der Waals surface area contributed by atoms with E-state index in [9.17, 15) is 10.2 Å². The highest BCUT2D eigenvalue weighted by Crippen LogP contribution is 2.28. The maximum absolute atomic E-state index is 9.28. The van der Waals surface area contributed by atoms with Gasteiger partial charge in [0.25, 0.3) is 0 Å². The Labute approximate surface area is 106 Å². The zero-order valence-electron chi connectivity index (χ0n) is 11.4. The van der Waals surface area contributed by atoms with Crippen LogP contribution < -0.4 is 5.32 Å². The highest BCUT2D eigenvalue weighted by atomic mass is 16.3. The summed E-state index contributed by atoms with van der Waals surface area (Å²) in [5.41, 5.74) is -0.387. The smallest absolute Gasteiger partial charge is 0.0518 e. The summed E-state index contributed by atoms with van der Waals surface area (Å²) in [7, 11) is 0. The van der Waals surface area contributed by atoms with E-state index < -0.39 is 0 Å². The monoisotopic (exact) mass is 243 g/mol. The predicted octanol–water partition coefficient (Wildman–Crippen LogP) is 1.93. The molecule has 0 amide bonds. The van der Waals surface area contributed by atoms with Gasteiger partial charge in [0.2, 0.25) is 0 Å². The molecule has 1 rings (SSSR count). The fourth-order valence-corrected chi connectivity index (χ4v) is 2.72. The maximum atomic E-state index is 9.28. The molecule has 0 bridgehead atoms. The normalized spacial score (nSPS) is 20.5. The first-order valence-corrected chi connectivity index (χ1v) is 7.10. The van der Waals surface area contributed by atoms with Gasteiger partial charge in [-0.25, -0.2) is 0 Å². The molecule has 3 nitrogen and oxygen atoms in total. The van der Waals surface area contributed by atoms with Gasteiger partial charge in [0.15, 0.2) is 0 Å². The first kappa shape index (κ1) is 14.9. The van der Waals surface area contributed by atoms with Crippen LogP contribution in [-0.2, 0) is 0 Å². The largest absolute Gasteiger partial charge is 0.396 e. The van der Waals surface area contributed by atoms with Crippen LogP contribution in [0.4, 0.5) is 0 Å². The Bertz CT molecular complexity index is 198. The van der Waals surface area contributed by atoms with Crippen molar-refractivity contribution in [1.82, 2.24) is 5.32 Å². The zero-order valence-corrected chi connectivity index (χ0v) is 11.4. The van der Waals surface area contributed by atoms with Crippen molar-refractivity contribution in [3.8, 4) is 0 Å². The van der Waals surface area contributed by atoms with Crippen molar-refractivity contribution in [2.24, 2.45) is 11.3 Å². The molecule has 0 aliphatic heterocycles. The standard InChI is InChI=1S/C14H29NO2/c1-3-13(12-7-5-4-6-8-12)15-9-14(2,10-16)11-17/h12-13,15-17H,3-11H2,1-2H3. The predicted molar refractivity (Wildman–Crippen MR) is 70.9 cm³/mol. The van der Waals surface area contributed by atoms with E-state index in [4.69, 9.17) is 0 Å². The number of nitrogens with one attached hydrogen (secondary N) is 1. The van der Waals surface area contributed by atoms with Gasteiger partial charge in [-0.2, -0.15) is 0 Å². The molecule has 0 saturated heterocycles. The molecule has 1 unspecified atom stereocenters. The van der Waals surface area contributed by atoms with E-state index in [1.807, 2.05) is 6.92 Å². The minimum atomic E-state index is -0.387. The Balaban J connectivity index is 2.40. The van der Waals surface area contributed by atoms with Crippen LogP contribution in [-0.4, -0.2) is 36.0 Å². The van der Waals surface area contributed by atoms with E-state index in [1.165, 1.54) is 32.1 Å². The van der Waals surface area contributed by atoms with Crippen molar-refractivity contribution in [3.05, 3.63) is 0 Å². The van der Waals surface area contributed by atoms with Crippen molar-refractivity contribution in [3.63, 3.8) is 0 Å². The molecule has 0 aromatic heterocycles. The van der Waals surface area contributed by atoms with Crippen LogP contribution in [0.3, 0.4) is 0 Å². The second kappa shape index (κ2) is 7.34. The summed E-state index contributed by atoms with van der Waals surface area (Å²) in [6, 6.07) is 0.549. The number of aliphatic hydroxyl groups excluding tert-OH is 2. The molecule has 1 saturated carbocycles. The van der Waals surface area contributed by atoms with Gasteiger partial charge in [-0.1, -0.05) is 33.1 Å². The lowest BCUT2D eigenvalue weighted by molar-refractivity contribution is 0.0637. The Morgan fingerprint density at radius 1 is 1.18 bits per heavy atom. The minimum absolute atomic E-state index is 0.0393. The molecule has 0 spiro atoms. The molecule has 1 atom stereocenters. The summed E-state index contributed by atoms with van der Waals surface area (Å²) in [5.74, 6) is 0.787. The molecule has 1 aliphatic rings. The van der Waals surface area contributed by atoms with E-state index in [2.05, 4.69) is 12.2 Å². The van der Waals surface area contributed by atoms with Gasteiger partial charge in [-0.15, -0.1) is 0 Å². The van der Waals surface area contributed by atoms with Gasteiger partial charge in [0, 0.05) is 18.0 Å².